The summed E-state index contributed by atoms with van der Waals surface area (Å²) < 4.78 is 11.3. The second-order valence-electron chi connectivity index (χ2n) is 4.49. The molecule has 1 aliphatic rings. The Morgan fingerprint density at radius 2 is 2.11 bits per heavy atom. The van der Waals surface area contributed by atoms with Crippen molar-refractivity contribution in [2.75, 3.05) is 6.61 Å². The molecule has 6 heteroatoms. The summed E-state index contributed by atoms with van der Waals surface area (Å²) >= 11 is 3.57. The van der Waals surface area contributed by atoms with Gasteiger partial charge in [0.2, 0.25) is 0 Å². The van der Waals surface area contributed by atoms with E-state index in [4.69, 9.17) is 9.47 Å². The van der Waals surface area contributed by atoms with Gasteiger partial charge in [0, 0.05) is 18.7 Å². The number of hydrogen-bond donors (Lipinski definition) is 0. The lowest BCUT2D eigenvalue weighted by molar-refractivity contribution is -0.384. The number of hydrogen-bond acceptors (Lipinski definition) is 4. The number of nitro groups is 1. The minimum Gasteiger partial charge on any atom is -0.351 e. The maximum Gasteiger partial charge on any atom is 0.269 e. The first-order valence-electron chi connectivity index (χ1n) is 6.27. The topological polar surface area (TPSA) is 61.6 Å². The molecule has 5 nitrogen and oxygen atoms in total. The molecule has 1 fully saturated rings. The molecule has 2 rings (SSSR count). The molecule has 1 saturated heterocycles. The summed E-state index contributed by atoms with van der Waals surface area (Å²) in [6.07, 6.45) is 2.97. The molecular weight excluding hydrogens is 314 g/mol. The number of non-ortho nitro benzene ring substituents is 1. The molecule has 1 aliphatic heterocycles. The van der Waals surface area contributed by atoms with Gasteiger partial charge in [0.1, 0.15) is 0 Å². The van der Waals surface area contributed by atoms with Gasteiger partial charge >= 0.3 is 0 Å². The van der Waals surface area contributed by atoms with Gasteiger partial charge in [-0.15, -0.1) is 0 Å². The van der Waals surface area contributed by atoms with Crippen LogP contribution in [0.3, 0.4) is 0 Å². The zero-order valence-corrected chi connectivity index (χ0v) is 12.0. The van der Waals surface area contributed by atoms with Crippen LogP contribution in [0.2, 0.25) is 0 Å². The largest absolute Gasteiger partial charge is 0.351 e. The zero-order valence-electron chi connectivity index (χ0n) is 10.5. The Morgan fingerprint density at radius 1 is 1.37 bits per heavy atom. The lowest BCUT2D eigenvalue weighted by atomic mass is 10.2. The highest BCUT2D eigenvalue weighted by molar-refractivity contribution is 9.09. The third-order valence-corrected chi connectivity index (χ3v) is 3.90. The lowest BCUT2D eigenvalue weighted by Crippen LogP contribution is -2.25. The van der Waals surface area contributed by atoms with Crippen LogP contribution in [-0.2, 0) is 16.1 Å². The third kappa shape index (κ3) is 4.26. The number of alkyl halides is 1. The van der Waals surface area contributed by atoms with E-state index in [0.717, 1.165) is 24.8 Å². The fraction of sp³-hybridized carbons (Fsp3) is 0.538. The van der Waals surface area contributed by atoms with E-state index in [0.29, 0.717) is 13.2 Å². The van der Waals surface area contributed by atoms with Crippen LogP contribution in [0, 0.1) is 10.1 Å². The zero-order chi connectivity index (χ0) is 13.7. The molecule has 0 bridgehead atoms. The third-order valence-electron chi connectivity index (χ3n) is 3.01. The van der Waals surface area contributed by atoms with Crippen molar-refractivity contribution >= 4 is 21.6 Å². The van der Waals surface area contributed by atoms with Gasteiger partial charge < -0.3 is 9.47 Å². The van der Waals surface area contributed by atoms with Crippen LogP contribution in [0.4, 0.5) is 5.69 Å². The number of rotatable bonds is 4. The van der Waals surface area contributed by atoms with Gasteiger partial charge in [0.05, 0.1) is 16.4 Å². The summed E-state index contributed by atoms with van der Waals surface area (Å²) in [5.41, 5.74) is 0.992. The second kappa shape index (κ2) is 6.98. The van der Waals surface area contributed by atoms with Crippen molar-refractivity contribution < 1.29 is 14.4 Å². The van der Waals surface area contributed by atoms with Crippen molar-refractivity contribution in [3.8, 4) is 0 Å². The van der Waals surface area contributed by atoms with E-state index in [1.165, 1.54) is 12.1 Å². The maximum atomic E-state index is 10.5. The van der Waals surface area contributed by atoms with Crippen molar-refractivity contribution in [3.05, 3.63) is 39.9 Å². The summed E-state index contributed by atoms with van der Waals surface area (Å²) in [7, 11) is 0. The number of benzene rings is 1. The summed E-state index contributed by atoms with van der Waals surface area (Å²) in [5.74, 6) is 0. The monoisotopic (exact) mass is 329 g/mol. The van der Waals surface area contributed by atoms with E-state index in [1.807, 2.05) is 0 Å². The van der Waals surface area contributed by atoms with Gasteiger partial charge in [-0.3, -0.25) is 10.1 Å². The van der Waals surface area contributed by atoms with Crippen LogP contribution in [0.1, 0.15) is 24.8 Å². The summed E-state index contributed by atoms with van der Waals surface area (Å²) in [6.45, 7) is 1.11. The molecule has 1 aromatic rings. The molecule has 0 aliphatic carbocycles. The Kier molecular flexibility index (Phi) is 5.30. The maximum absolute atomic E-state index is 10.5. The van der Waals surface area contributed by atoms with Gasteiger partial charge in [-0.05, 0) is 37.0 Å². The molecule has 0 amide bonds. The van der Waals surface area contributed by atoms with Crippen LogP contribution in [0.5, 0.6) is 0 Å². The molecular formula is C13H16BrNO4. The smallest absolute Gasteiger partial charge is 0.269 e. The fourth-order valence-electron chi connectivity index (χ4n) is 1.93. The molecule has 0 aromatic heterocycles. The minimum absolute atomic E-state index is 0.0906. The van der Waals surface area contributed by atoms with E-state index >= 15 is 0 Å². The molecule has 0 radical (unpaired) electrons. The molecule has 1 heterocycles. The van der Waals surface area contributed by atoms with Crippen molar-refractivity contribution in [2.45, 2.75) is 37.0 Å². The first kappa shape index (κ1) is 14.4. The summed E-state index contributed by atoms with van der Waals surface area (Å²) in [5, 5.41) is 10.5. The fourth-order valence-corrected chi connectivity index (χ4v) is 2.56. The molecule has 0 saturated carbocycles. The van der Waals surface area contributed by atoms with Crippen LogP contribution in [-0.4, -0.2) is 22.6 Å². The Bertz CT molecular complexity index is 423. The normalized spacial score (nSPS) is 23.8. The number of nitrogens with zero attached hydrogens (tertiary/aromatic N) is 1. The predicted octanol–water partition coefficient (Wildman–Crippen LogP) is 3.40. The van der Waals surface area contributed by atoms with Crippen LogP contribution >= 0.6 is 15.9 Å². The lowest BCUT2D eigenvalue weighted by Gasteiger charge is -2.20. The predicted molar refractivity (Wildman–Crippen MR) is 74.2 cm³/mol. The first-order valence-corrected chi connectivity index (χ1v) is 7.19. The average molecular weight is 330 g/mol. The highest BCUT2D eigenvalue weighted by Crippen LogP contribution is 2.23. The van der Waals surface area contributed by atoms with E-state index in [1.54, 1.807) is 12.1 Å². The standard InChI is InChI=1S/C13H16BrNO4/c14-12-3-1-2-8-18-13(12)19-9-10-4-6-11(7-5-10)15(16)17/h4-7,12-13H,1-3,8-9H2/t12-,13+/m0/s1. The van der Waals surface area contributed by atoms with Gasteiger partial charge in [-0.25, -0.2) is 0 Å². The highest BCUT2D eigenvalue weighted by atomic mass is 79.9. The van der Waals surface area contributed by atoms with Gasteiger partial charge in [-0.1, -0.05) is 15.9 Å². The number of halogens is 1. The van der Waals surface area contributed by atoms with Crippen LogP contribution < -0.4 is 0 Å². The first-order chi connectivity index (χ1) is 9.16. The molecule has 0 unspecified atom stereocenters. The molecule has 0 N–H and O–H groups in total. The molecule has 104 valence electrons. The van der Waals surface area contributed by atoms with Crippen molar-refractivity contribution in [3.63, 3.8) is 0 Å². The van der Waals surface area contributed by atoms with Crippen LogP contribution in [0.15, 0.2) is 24.3 Å². The average Bonchev–Trinajstić information content (AvgIpc) is 2.61. The van der Waals surface area contributed by atoms with Crippen molar-refractivity contribution in [1.82, 2.24) is 0 Å². The van der Waals surface area contributed by atoms with E-state index in [2.05, 4.69) is 15.9 Å². The van der Waals surface area contributed by atoms with Crippen molar-refractivity contribution in [1.29, 1.82) is 0 Å². The Balaban J connectivity index is 1.88. The van der Waals surface area contributed by atoms with Gasteiger partial charge in [-0.2, -0.15) is 0 Å². The van der Waals surface area contributed by atoms with Gasteiger partial charge in [0.25, 0.3) is 5.69 Å². The number of ether oxygens (including phenoxy) is 2. The highest BCUT2D eigenvalue weighted by Gasteiger charge is 2.22. The van der Waals surface area contributed by atoms with E-state index < -0.39 is 4.92 Å². The Labute approximate surface area is 120 Å². The van der Waals surface area contributed by atoms with Gasteiger partial charge in [0.15, 0.2) is 6.29 Å². The SMILES string of the molecule is O=[N+]([O-])c1ccc(CO[C@H]2OCCCC[C@@H]2Br)cc1. The van der Waals surface area contributed by atoms with Crippen molar-refractivity contribution in [2.24, 2.45) is 0 Å². The molecule has 2 atom stereocenters. The molecule has 1 aromatic carbocycles. The van der Waals surface area contributed by atoms with E-state index in [-0.39, 0.29) is 16.8 Å². The Hall–Kier alpha value is -0.980. The molecule has 19 heavy (non-hydrogen) atoms. The molecule has 0 spiro atoms. The Morgan fingerprint density at radius 3 is 2.79 bits per heavy atom. The minimum atomic E-state index is -0.409. The van der Waals surface area contributed by atoms with Crippen LogP contribution in [0.25, 0.3) is 0 Å². The quantitative estimate of drug-likeness (QED) is 0.482. The van der Waals surface area contributed by atoms with E-state index in [9.17, 15) is 10.1 Å². The summed E-state index contributed by atoms with van der Waals surface area (Å²) in [6, 6.07) is 6.38. The number of nitro benzene ring substituents is 1. The summed E-state index contributed by atoms with van der Waals surface area (Å²) in [4.78, 5) is 10.3. The second-order valence-corrected chi connectivity index (χ2v) is 5.66.